The molecule has 2 unspecified atom stereocenters. The zero-order chi connectivity index (χ0) is 8.43. The maximum absolute atomic E-state index is 10.7. The van der Waals surface area contributed by atoms with Gasteiger partial charge in [0, 0.05) is 12.6 Å². The molecule has 0 aromatic carbocycles. The minimum absolute atomic E-state index is 0.0799. The lowest BCUT2D eigenvalue weighted by Gasteiger charge is -2.34. The molecule has 4 nitrogen and oxygen atoms in total. The quantitative estimate of drug-likeness (QED) is 0.517. The number of rotatable bonds is 0. The summed E-state index contributed by atoms with van der Waals surface area (Å²) in [5.74, 6) is 0. The van der Waals surface area contributed by atoms with Crippen LogP contribution >= 0.6 is 0 Å². The summed E-state index contributed by atoms with van der Waals surface area (Å²) in [4.78, 5) is 12.3. The number of hydrogen-bond acceptors (Lipinski definition) is 2. The molecule has 4 heteroatoms. The lowest BCUT2D eigenvalue weighted by Crippen LogP contribution is -2.48. The number of urea groups is 1. The Morgan fingerprint density at radius 3 is 2.82 bits per heavy atom. The Hall–Kier alpha value is -0.770. The third-order valence-corrected chi connectivity index (χ3v) is 2.13. The summed E-state index contributed by atoms with van der Waals surface area (Å²) in [7, 11) is 0. The van der Waals surface area contributed by atoms with Crippen LogP contribution in [-0.2, 0) is 0 Å². The van der Waals surface area contributed by atoms with Crippen molar-refractivity contribution in [3.8, 4) is 0 Å². The molecule has 11 heavy (non-hydrogen) atoms. The highest BCUT2D eigenvalue weighted by molar-refractivity contribution is 5.72. The molecule has 1 saturated heterocycles. The lowest BCUT2D eigenvalue weighted by molar-refractivity contribution is 0.0675. The first-order valence-corrected chi connectivity index (χ1v) is 3.85. The van der Waals surface area contributed by atoms with Crippen molar-refractivity contribution >= 4 is 6.03 Å². The number of primary amides is 1. The highest BCUT2D eigenvalue weighted by Crippen LogP contribution is 2.16. The minimum Gasteiger partial charge on any atom is -0.393 e. The summed E-state index contributed by atoms with van der Waals surface area (Å²) in [6.45, 7) is 2.48. The molecule has 0 aliphatic carbocycles. The molecule has 0 radical (unpaired) electrons. The maximum Gasteiger partial charge on any atom is 0.315 e. The number of amides is 2. The van der Waals surface area contributed by atoms with Gasteiger partial charge in [-0.15, -0.1) is 0 Å². The zero-order valence-electron chi connectivity index (χ0n) is 6.66. The van der Waals surface area contributed by atoms with Gasteiger partial charge in [0.15, 0.2) is 0 Å². The largest absolute Gasteiger partial charge is 0.393 e. The van der Waals surface area contributed by atoms with Crippen LogP contribution in [0.5, 0.6) is 0 Å². The average molecular weight is 158 g/mol. The van der Waals surface area contributed by atoms with Crippen LogP contribution in [0.2, 0.25) is 0 Å². The Bertz CT molecular complexity index is 161. The van der Waals surface area contributed by atoms with Crippen LogP contribution in [0.15, 0.2) is 0 Å². The van der Waals surface area contributed by atoms with E-state index in [9.17, 15) is 9.90 Å². The molecular formula is C7H14N2O2. The number of piperidine rings is 1. The Labute approximate surface area is 66.0 Å². The van der Waals surface area contributed by atoms with Crippen molar-refractivity contribution < 1.29 is 9.90 Å². The van der Waals surface area contributed by atoms with Crippen LogP contribution in [0.3, 0.4) is 0 Å². The van der Waals surface area contributed by atoms with Gasteiger partial charge in [-0.3, -0.25) is 0 Å². The molecule has 0 bridgehead atoms. The molecular weight excluding hydrogens is 144 g/mol. The van der Waals surface area contributed by atoms with Gasteiger partial charge < -0.3 is 15.7 Å². The van der Waals surface area contributed by atoms with E-state index < -0.39 is 0 Å². The predicted molar refractivity (Wildman–Crippen MR) is 41.0 cm³/mol. The van der Waals surface area contributed by atoms with Crippen molar-refractivity contribution in [3.05, 3.63) is 0 Å². The summed E-state index contributed by atoms with van der Waals surface area (Å²) in [5, 5.41) is 9.20. The van der Waals surface area contributed by atoms with E-state index >= 15 is 0 Å². The number of likely N-dealkylation sites (tertiary alicyclic amines) is 1. The molecule has 1 fully saturated rings. The minimum atomic E-state index is -0.385. The van der Waals surface area contributed by atoms with Crippen LogP contribution in [0, 0.1) is 0 Å². The van der Waals surface area contributed by atoms with Crippen molar-refractivity contribution in [1.82, 2.24) is 4.90 Å². The summed E-state index contributed by atoms with van der Waals surface area (Å²) in [5.41, 5.74) is 5.11. The fourth-order valence-electron chi connectivity index (χ4n) is 1.47. The number of carbonyl (C=O) groups is 1. The molecule has 1 heterocycles. The first kappa shape index (κ1) is 8.33. The normalized spacial score (nSPS) is 32.0. The molecule has 1 aliphatic rings. The van der Waals surface area contributed by atoms with Crippen LogP contribution in [0.1, 0.15) is 19.8 Å². The van der Waals surface area contributed by atoms with E-state index in [0.29, 0.717) is 19.4 Å². The van der Waals surface area contributed by atoms with Gasteiger partial charge in [-0.2, -0.15) is 0 Å². The lowest BCUT2D eigenvalue weighted by atomic mass is 10.0. The highest BCUT2D eigenvalue weighted by atomic mass is 16.3. The molecule has 0 saturated carbocycles. The number of aliphatic hydroxyl groups excluding tert-OH is 1. The van der Waals surface area contributed by atoms with Gasteiger partial charge in [0.2, 0.25) is 0 Å². The van der Waals surface area contributed by atoms with Gasteiger partial charge in [0.1, 0.15) is 0 Å². The maximum atomic E-state index is 10.7. The monoisotopic (exact) mass is 158 g/mol. The van der Waals surface area contributed by atoms with E-state index in [4.69, 9.17) is 5.73 Å². The molecule has 0 aromatic heterocycles. The van der Waals surface area contributed by atoms with Gasteiger partial charge in [-0.05, 0) is 19.8 Å². The van der Waals surface area contributed by atoms with Crippen LogP contribution in [-0.4, -0.2) is 34.7 Å². The number of nitrogens with two attached hydrogens (primary N) is 1. The summed E-state index contributed by atoms with van der Waals surface area (Å²) < 4.78 is 0. The standard InChI is InChI=1S/C7H14N2O2/c1-5-4-6(10)2-3-9(5)7(8)11/h5-6,10H,2-4H2,1H3,(H2,8,11). The Morgan fingerprint density at radius 1 is 1.73 bits per heavy atom. The van der Waals surface area contributed by atoms with Crippen molar-refractivity contribution in [2.45, 2.75) is 31.9 Å². The van der Waals surface area contributed by atoms with Crippen molar-refractivity contribution in [2.24, 2.45) is 5.73 Å². The molecule has 2 atom stereocenters. The summed E-state index contributed by atoms with van der Waals surface area (Å²) in [6, 6.07) is -0.305. The van der Waals surface area contributed by atoms with E-state index in [0.717, 1.165) is 0 Å². The van der Waals surface area contributed by atoms with Crippen molar-refractivity contribution in [2.75, 3.05) is 6.54 Å². The Balaban J connectivity index is 2.50. The van der Waals surface area contributed by atoms with Crippen LogP contribution < -0.4 is 5.73 Å². The fraction of sp³-hybridized carbons (Fsp3) is 0.857. The van der Waals surface area contributed by atoms with E-state index in [1.165, 1.54) is 0 Å². The van der Waals surface area contributed by atoms with E-state index in [2.05, 4.69) is 0 Å². The molecule has 1 aliphatic heterocycles. The van der Waals surface area contributed by atoms with E-state index in [-0.39, 0.29) is 18.2 Å². The Morgan fingerprint density at radius 2 is 2.36 bits per heavy atom. The second-order valence-electron chi connectivity index (χ2n) is 3.06. The van der Waals surface area contributed by atoms with Crippen molar-refractivity contribution in [3.63, 3.8) is 0 Å². The van der Waals surface area contributed by atoms with Gasteiger partial charge >= 0.3 is 6.03 Å². The SMILES string of the molecule is CC1CC(O)CCN1C(N)=O. The molecule has 3 N–H and O–H groups in total. The number of hydrogen-bond donors (Lipinski definition) is 2. The van der Waals surface area contributed by atoms with Crippen LogP contribution in [0.4, 0.5) is 4.79 Å². The summed E-state index contributed by atoms with van der Waals surface area (Å²) >= 11 is 0. The van der Waals surface area contributed by atoms with Crippen LogP contribution in [0.25, 0.3) is 0 Å². The first-order chi connectivity index (χ1) is 5.11. The smallest absolute Gasteiger partial charge is 0.315 e. The predicted octanol–water partition coefficient (Wildman–Crippen LogP) is -0.0897. The Kier molecular flexibility index (Phi) is 2.34. The van der Waals surface area contributed by atoms with Gasteiger partial charge in [0.25, 0.3) is 0 Å². The zero-order valence-corrected chi connectivity index (χ0v) is 6.66. The van der Waals surface area contributed by atoms with Crippen molar-refractivity contribution in [1.29, 1.82) is 0 Å². The fourth-order valence-corrected chi connectivity index (χ4v) is 1.47. The summed E-state index contributed by atoms with van der Waals surface area (Å²) in [6.07, 6.45) is 1.02. The van der Waals surface area contributed by atoms with Gasteiger partial charge in [-0.25, -0.2) is 4.79 Å². The van der Waals surface area contributed by atoms with Gasteiger partial charge in [0.05, 0.1) is 6.10 Å². The molecule has 0 spiro atoms. The molecule has 2 amide bonds. The first-order valence-electron chi connectivity index (χ1n) is 3.85. The third kappa shape index (κ3) is 1.83. The molecule has 1 rings (SSSR count). The molecule has 0 aromatic rings. The second kappa shape index (κ2) is 3.09. The number of carbonyl (C=O) groups excluding carboxylic acids is 1. The number of aliphatic hydroxyl groups is 1. The highest BCUT2D eigenvalue weighted by Gasteiger charge is 2.25. The number of nitrogens with zero attached hydrogens (tertiary/aromatic N) is 1. The average Bonchev–Trinajstić information content (AvgIpc) is 1.85. The van der Waals surface area contributed by atoms with E-state index in [1.54, 1.807) is 4.90 Å². The molecule has 64 valence electrons. The third-order valence-electron chi connectivity index (χ3n) is 2.13. The van der Waals surface area contributed by atoms with Gasteiger partial charge in [-0.1, -0.05) is 0 Å². The topological polar surface area (TPSA) is 66.6 Å². The second-order valence-corrected chi connectivity index (χ2v) is 3.06. The van der Waals surface area contributed by atoms with E-state index in [1.807, 2.05) is 6.92 Å².